The Labute approximate surface area is 134 Å². The van der Waals surface area contributed by atoms with Gasteiger partial charge in [0.15, 0.2) is 9.84 Å². The number of rotatable bonds is 4. The molecule has 9 nitrogen and oxygen atoms in total. The minimum Gasteiger partial charge on any atom is -0.271 e. The Kier molecular flexibility index (Phi) is 5.34. The monoisotopic (exact) mass is 363 g/mol. The van der Waals surface area contributed by atoms with Gasteiger partial charge in [0.25, 0.3) is 5.91 Å². The van der Waals surface area contributed by atoms with Crippen molar-refractivity contribution in [2.75, 3.05) is 38.2 Å². The molecule has 0 atom stereocenters. The molecule has 0 N–H and O–H groups in total. The quantitative estimate of drug-likeness (QED) is 0.666. The summed E-state index contributed by atoms with van der Waals surface area (Å²) >= 11 is 0. The molecule has 0 aromatic carbocycles. The van der Waals surface area contributed by atoms with Crippen molar-refractivity contribution in [3.8, 4) is 0 Å². The molecule has 2 rings (SSSR count). The highest BCUT2D eigenvalue weighted by atomic mass is 32.2. The predicted molar refractivity (Wildman–Crippen MR) is 80.4 cm³/mol. The van der Waals surface area contributed by atoms with Crippen molar-refractivity contribution in [1.29, 1.82) is 0 Å². The molecule has 0 radical (unpaired) electrons. The number of carbonyl (C=O) groups excluding carboxylic acids is 1. The number of aromatic nitrogens is 1. The van der Waals surface area contributed by atoms with Crippen LogP contribution in [0.2, 0.25) is 0 Å². The van der Waals surface area contributed by atoms with Gasteiger partial charge in [-0.15, -0.1) is 0 Å². The summed E-state index contributed by atoms with van der Waals surface area (Å²) in [6.07, 6.45) is 2.63. The third kappa shape index (κ3) is 4.47. The summed E-state index contributed by atoms with van der Waals surface area (Å²) in [5.41, 5.74) is 0. The van der Waals surface area contributed by atoms with Gasteiger partial charge in [0.2, 0.25) is 10.0 Å². The zero-order chi connectivity index (χ0) is 17.1. The highest BCUT2D eigenvalue weighted by molar-refractivity contribution is 7.91. The molecule has 1 aromatic heterocycles. The second kappa shape index (κ2) is 6.91. The van der Waals surface area contributed by atoms with E-state index in [2.05, 4.69) is 4.98 Å². The van der Waals surface area contributed by atoms with E-state index in [9.17, 15) is 21.6 Å². The number of hydrogen-bond donors (Lipinski definition) is 0. The maximum Gasteiger partial charge on any atom is 0.261 e. The summed E-state index contributed by atoms with van der Waals surface area (Å²) in [4.78, 5) is 20.9. The molecule has 1 saturated heterocycles. The predicted octanol–water partition coefficient (Wildman–Crippen LogP) is -1.11. The molecule has 23 heavy (non-hydrogen) atoms. The number of sulfone groups is 1. The molecule has 0 spiro atoms. The third-order valence-electron chi connectivity index (χ3n) is 3.23. The average Bonchev–Trinajstić information content (AvgIpc) is 2.68. The van der Waals surface area contributed by atoms with Crippen molar-refractivity contribution in [2.45, 2.75) is 4.90 Å². The number of carbonyl (C=O) groups is 1. The van der Waals surface area contributed by atoms with Gasteiger partial charge in [-0.05, 0) is 12.1 Å². The van der Waals surface area contributed by atoms with Crippen LogP contribution < -0.4 is 0 Å². The fourth-order valence-corrected chi connectivity index (χ4v) is 3.96. The summed E-state index contributed by atoms with van der Waals surface area (Å²) in [5.74, 6) is -1.00. The van der Waals surface area contributed by atoms with Crippen LogP contribution in [-0.4, -0.2) is 75.3 Å². The number of hydrogen-bond acceptors (Lipinski definition) is 7. The minimum atomic E-state index is -3.86. The second-order valence-electron chi connectivity index (χ2n) is 4.93. The number of likely N-dealkylation sites (N-methyl/N-ethyl adjacent to an activating group) is 1. The zero-order valence-electron chi connectivity index (χ0n) is 12.5. The average molecular weight is 363 g/mol. The molecule has 0 aliphatic carbocycles. The van der Waals surface area contributed by atoms with Crippen molar-refractivity contribution in [1.82, 2.24) is 14.4 Å². The van der Waals surface area contributed by atoms with E-state index in [0.717, 1.165) is 9.37 Å². The van der Waals surface area contributed by atoms with Gasteiger partial charge in [0.05, 0.1) is 31.2 Å². The van der Waals surface area contributed by atoms with E-state index in [-0.39, 0.29) is 29.6 Å². The molecule has 128 valence electrons. The fourth-order valence-electron chi connectivity index (χ4n) is 1.89. The maximum atomic E-state index is 12.3. The Morgan fingerprint density at radius 2 is 2.17 bits per heavy atom. The Morgan fingerprint density at radius 1 is 1.43 bits per heavy atom. The van der Waals surface area contributed by atoms with Gasteiger partial charge in [0, 0.05) is 19.4 Å². The number of sulfonamides is 1. The summed E-state index contributed by atoms with van der Waals surface area (Å²) in [5, 5.41) is 0.903. The van der Waals surface area contributed by atoms with Gasteiger partial charge >= 0.3 is 0 Å². The number of amides is 1. The Balaban J connectivity index is 2.05. The van der Waals surface area contributed by atoms with Crippen molar-refractivity contribution in [3.63, 3.8) is 0 Å². The van der Waals surface area contributed by atoms with Gasteiger partial charge in [-0.1, -0.05) is 0 Å². The Hall–Kier alpha value is -1.56. The van der Waals surface area contributed by atoms with E-state index in [1.54, 1.807) is 0 Å². The summed E-state index contributed by atoms with van der Waals surface area (Å²) < 4.78 is 48.4. The van der Waals surface area contributed by atoms with Gasteiger partial charge in [-0.25, -0.2) is 21.9 Å². The van der Waals surface area contributed by atoms with E-state index in [1.165, 1.54) is 31.6 Å². The van der Waals surface area contributed by atoms with Crippen LogP contribution >= 0.6 is 0 Å². The molecule has 1 aliphatic rings. The molecule has 0 unspecified atom stereocenters. The van der Waals surface area contributed by atoms with E-state index in [1.807, 2.05) is 0 Å². The zero-order valence-corrected chi connectivity index (χ0v) is 14.1. The lowest BCUT2D eigenvalue weighted by Gasteiger charge is -2.22. The lowest BCUT2D eigenvalue weighted by Crippen LogP contribution is -2.41. The van der Waals surface area contributed by atoms with Crippen LogP contribution in [0.25, 0.3) is 0 Å². The lowest BCUT2D eigenvalue weighted by atomic mass is 10.5. The molecule has 1 aliphatic heterocycles. The highest BCUT2D eigenvalue weighted by Crippen LogP contribution is 2.13. The standard InChI is InChI=1S/C12H17N3O6S2/c1-14(23(19,20)11-3-2-4-13-9-11)10-12(16)15-5-7-22(17,18)8-6-21-15/h2-4,9H,5-8,10H2,1H3. The van der Waals surface area contributed by atoms with E-state index in [4.69, 9.17) is 4.84 Å². The van der Waals surface area contributed by atoms with Crippen LogP contribution in [0, 0.1) is 0 Å². The van der Waals surface area contributed by atoms with Crippen LogP contribution in [0.3, 0.4) is 0 Å². The first-order chi connectivity index (χ1) is 10.7. The van der Waals surface area contributed by atoms with Gasteiger partial charge in [0.1, 0.15) is 4.90 Å². The van der Waals surface area contributed by atoms with Crippen LogP contribution in [0.5, 0.6) is 0 Å². The van der Waals surface area contributed by atoms with Crippen molar-refractivity contribution in [3.05, 3.63) is 24.5 Å². The van der Waals surface area contributed by atoms with Crippen LogP contribution in [0.1, 0.15) is 0 Å². The van der Waals surface area contributed by atoms with E-state index < -0.39 is 32.3 Å². The van der Waals surface area contributed by atoms with Crippen LogP contribution in [-0.2, 0) is 29.5 Å². The third-order valence-corrected chi connectivity index (χ3v) is 6.61. The first kappa shape index (κ1) is 17.8. The summed E-state index contributed by atoms with van der Waals surface area (Å²) in [6, 6.07) is 2.85. The van der Waals surface area contributed by atoms with Crippen LogP contribution in [0.15, 0.2) is 29.4 Å². The van der Waals surface area contributed by atoms with Gasteiger partial charge in [-0.3, -0.25) is 14.6 Å². The minimum absolute atomic E-state index is 0.0327. The van der Waals surface area contributed by atoms with Gasteiger partial charge < -0.3 is 0 Å². The smallest absolute Gasteiger partial charge is 0.261 e. The molecule has 2 heterocycles. The first-order valence-electron chi connectivity index (χ1n) is 6.72. The SMILES string of the molecule is CN(CC(=O)N1CCS(=O)(=O)CCO1)S(=O)(=O)c1cccnc1. The number of nitrogens with zero attached hydrogens (tertiary/aromatic N) is 3. The molecule has 0 bridgehead atoms. The van der Waals surface area contributed by atoms with Crippen molar-refractivity contribution in [2.24, 2.45) is 0 Å². The Bertz CT molecular complexity index is 763. The molecular formula is C12H17N3O6S2. The molecule has 1 aromatic rings. The molecule has 11 heteroatoms. The first-order valence-corrected chi connectivity index (χ1v) is 9.98. The number of hydroxylamine groups is 2. The normalized spacial score (nSPS) is 18.6. The molecule has 1 amide bonds. The van der Waals surface area contributed by atoms with E-state index >= 15 is 0 Å². The van der Waals surface area contributed by atoms with Crippen molar-refractivity contribution < 1.29 is 26.5 Å². The second-order valence-corrected chi connectivity index (χ2v) is 9.28. The molecular weight excluding hydrogens is 346 g/mol. The lowest BCUT2D eigenvalue weighted by molar-refractivity contribution is -0.181. The van der Waals surface area contributed by atoms with Crippen LogP contribution in [0.4, 0.5) is 0 Å². The number of pyridine rings is 1. The summed E-state index contributed by atoms with van der Waals surface area (Å²) in [6.45, 7) is -0.716. The fraction of sp³-hybridized carbons (Fsp3) is 0.500. The maximum absolute atomic E-state index is 12.3. The highest BCUT2D eigenvalue weighted by Gasteiger charge is 2.28. The molecule has 0 saturated carbocycles. The van der Waals surface area contributed by atoms with Gasteiger partial charge in [-0.2, -0.15) is 4.31 Å². The summed E-state index contributed by atoms with van der Waals surface area (Å²) in [7, 11) is -5.84. The van der Waals surface area contributed by atoms with E-state index in [0.29, 0.717) is 0 Å². The molecule has 1 fully saturated rings. The topological polar surface area (TPSA) is 114 Å². The van der Waals surface area contributed by atoms with Crippen molar-refractivity contribution >= 4 is 25.8 Å². The Morgan fingerprint density at radius 3 is 2.83 bits per heavy atom. The largest absolute Gasteiger partial charge is 0.271 e.